The van der Waals surface area contributed by atoms with Gasteiger partial charge in [0.1, 0.15) is 16.2 Å². The van der Waals surface area contributed by atoms with Crippen molar-refractivity contribution in [1.82, 2.24) is 9.88 Å². The number of carbonyl (C=O) groups is 2. The molecule has 1 aromatic heterocycles. The van der Waals surface area contributed by atoms with Crippen LogP contribution in [0.1, 0.15) is 36.1 Å². The zero-order valence-corrected chi connectivity index (χ0v) is 17.8. The second-order valence-corrected chi connectivity index (χ2v) is 8.71. The number of aromatic nitrogens is 1. The zero-order chi connectivity index (χ0) is 21.2. The number of aromatic carboxylic acids is 1. The first kappa shape index (κ1) is 20.9. The number of carboxylic acid groups (broad SMARTS) is 1. The molecule has 0 atom stereocenters. The molecule has 3 rings (SSSR count). The Morgan fingerprint density at radius 2 is 1.72 bits per heavy atom. The summed E-state index contributed by atoms with van der Waals surface area (Å²) in [6, 6.07) is 7.54. The lowest BCUT2D eigenvalue weighted by Crippen LogP contribution is -2.50. The van der Waals surface area contributed by atoms with Crippen LogP contribution in [0.5, 0.6) is 10.9 Å². The van der Waals surface area contributed by atoms with Gasteiger partial charge in [-0.25, -0.2) is 14.6 Å². The summed E-state index contributed by atoms with van der Waals surface area (Å²) in [5, 5.41) is 9.42. The maximum absolute atomic E-state index is 12.2. The van der Waals surface area contributed by atoms with Crippen LogP contribution in [-0.4, -0.2) is 58.8 Å². The third-order valence-corrected chi connectivity index (χ3v) is 5.33. The molecule has 1 aliphatic rings. The molecule has 2 aromatic rings. The highest BCUT2D eigenvalue weighted by molar-refractivity contribution is 7.15. The smallest absolute Gasteiger partial charge is 0.410 e. The molecule has 1 aliphatic heterocycles. The number of anilines is 1. The molecule has 1 fully saturated rings. The van der Waals surface area contributed by atoms with Gasteiger partial charge in [0.15, 0.2) is 0 Å². The fourth-order valence-electron chi connectivity index (χ4n) is 2.91. The summed E-state index contributed by atoms with van der Waals surface area (Å²) in [4.78, 5) is 31.5. The van der Waals surface area contributed by atoms with Crippen LogP contribution in [0.3, 0.4) is 0 Å². The van der Waals surface area contributed by atoms with E-state index in [1.54, 1.807) is 11.8 Å². The van der Waals surface area contributed by atoms with Crippen LogP contribution in [0.2, 0.25) is 0 Å². The van der Waals surface area contributed by atoms with Crippen molar-refractivity contribution >= 4 is 29.1 Å². The summed E-state index contributed by atoms with van der Waals surface area (Å²) in [6.07, 6.45) is -0.277. The van der Waals surface area contributed by atoms with Gasteiger partial charge in [0.25, 0.3) is 5.19 Å². The molecular weight excluding hydrogens is 394 g/mol. The Balaban J connectivity index is 1.56. The highest BCUT2D eigenvalue weighted by atomic mass is 32.1. The van der Waals surface area contributed by atoms with E-state index in [9.17, 15) is 9.59 Å². The number of thiazole rings is 1. The summed E-state index contributed by atoms with van der Waals surface area (Å²) >= 11 is 1.01. The van der Waals surface area contributed by atoms with E-state index < -0.39 is 11.6 Å². The summed E-state index contributed by atoms with van der Waals surface area (Å²) < 4.78 is 11.1. The van der Waals surface area contributed by atoms with Crippen LogP contribution in [0.15, 0.2) is 24.3 Å². The van der Waals surface area contributed by atoms with Crippen LogP contribution in [0.4, 0.5) is 10.5 Å². The Bertz CT molecular complexity index is 881. The van der Waals surface area contributed by atoms with Crippen LogP contribution >= 0.6 is 11.3 Å². The fraction of sp³-hybridized carbons (Fsp3) is 0.450. The quantitative estimate of drug-likeness (QED) is 0.801. The third-order valence-electron chi connectivity index (χ3n) is 4.31. The minimum Gasteiger partial charge on any atom is -0.477 e. The van der Waals surface area contributed by atoms with Crippen molar-refractivity contribution in [2.45, 2.75) is 33.3 Å². The number of hydrogen-bond acceptors (Lipinski definition) is 7. The lowest BCUT2D eigenvalue weighted by molar-refractivity contribution is 0.0240. The molecule has 8 nitrogen and oxygen atoms in total. The predicted molar refractivity (Wildman–Crippen MR) is 110 cm³/mol. The normalized spacial score (nSPS) is 14.6. The Kier molecular flexibility index (Phi) is 5.97. The first-order valence-corrected chi connectivity index (χ1v) is 10.2. The molecule has 0 spiro atoms. The molecule has 2 heterocycles. The molecular formula is C20H25N3O5S. The third kappa shape index (κ3) is 5.38. The SMILES string of the molecule is Cc1nc(Oc2ccc(N3CCN(C(=O)OC(C)(C)C)CC3)cc2)sc1C(=O)O. The number of amides is 1. The standard InChI is InChI=1S/C20H25N3O5S/c1-13-16(17(24)25)29-18(21-13)27-15-7-5-14(6-8-15)22-9-11-23(12-10-22)19(26)28-20(2,3)4/h5-8H,9-12H2,1-4H3,(H,24,25). The summed E-state index contributed by atoms with van der Waals surface area (Å²) in [7, 11) is 0. The van der Waals surface area contributed by atoms with Gasteiger partial charge < -0.3 is 24.4 Å². The average molecular weight is 420 g/mol. The number of ether oxygens (including phenoxy) is 2. The monoisotopic (exact) mass is 419 g/mol. The van der Waals surface area contributed by atoms with Crippen molar-refractivity contribution < 1.29 is 24.2 Å². The average Bonchev–Trinajstić information content (AvgIpc) is 3.01. The number of benzene rings is 1. The highest BCUT2D eigenvalue weighted by Crippen LogP contribution is 2.30. The van der Waals surface area contributed by atoms with Gasteiger partial charge in [-0.15, -0.1) is 0 Å². The number of piperazine rings is 1. The molecule has 156 valence electrons. The van der Waals surface area contributed by atoms with Crippen LogP contribution in [-0.2, 0) is 4.74 Å². The van der Waals surface area contributed by atoms with Gasteiger partial charge in [0, 0.05) is 31.9 Å². The summed E-state index contributed by atoms with van der Waals surface area (Å²) in [6.45, 7) is 9.86. The van der Waals surface area contributed by atoms with E-state index in [1.165, 1.54) is 0 Å². The Morgan fingerprint density at radius 3 is 2.24 bits per heavy atom. The van der Waals surface area contributed by atoms with Gasteiger partial charge in [-0.1, -0.05) is 11.3 Å². The first-order valence-electron chi connectivity index (χ1n) is 9.34. The molecule has 1 saturated heterocycles. The molecule has 0 aliphatic carbocycles. The van der Waals surface area contributed by atoms with Gasteiger partial charge in [0.05, 0.1) is 5.69 Å². The minimum absolute atomic E-state index is 0.180. The lowest BCUT2D eigenvalue weighted by Gasteiger charge is -2.36. The van der Waals surface area contributed by atoms with E-state index in [0.717, 1.165) is 17.0 Å². The van der Waals surface area contributed by atoms with Gasteiger partial charge in [-0.05, 0) is 52.0 Å². The number of hydrogen-bond donors (Lipinski definition) is 1. The predicted octanol–water partition coefficient (Wildman–Crippen LogP) is 4.00. The molecule has 1 amide bonds. The number of aryl methyl sites for hydroxylation is 1. The van der Waals surface area contributed by atoms with E-state index >= 15 is 0 Å². The van der Waals surface area contributed by atoms with E-state index in [2.05, 4.69) is 9.88 Å². The molecule has 0 radical (unpaired) electrons. The van der Waals surface area contributed by atoms with E-state index in [0.29, 0.717) is 42.8 Å². The molecule has 9 heteroatoms. The van der Waals surface area contributed by atoms with Crippen molar-refractivity contribution in [2.75, 3.05) is 31.1 Å². The van der Waals surface area contributed by atoms with Crippen molar-refractivity contribution in [3.05, 3.63) is 34.8 Å². The van der Waals surface area contributed by atoms with E-state index in [1.807, 2.05) is 45.0 Å². The van der Waals surface area contributed by atoms with Gasteiger partial charge in [0.2, 0.25) is 0 Å². The number of carboxylic acids is 1. The molecule has 1 aromatic carbocycles. The van der Waals surface area contributed by atoms with Crippen molar-refractivity contribution in [1.29, 1.82) is 0 Å². The molecule has 0 saturated carbocycles. The van der Waals surface area contributed by atoms with Gasteiger partial charge >= 0.3 is 12.1 Å². The number of nitrogens with zero attached hydrogens (tertiary/aromatic N) is 3. The lowest BCUT2D eigenvalue weighted by atomic mass is 10.2. The molecule has 29 heavy (non-hydrogen) atoms. The van der Waals surface area contributed by atoms with Crippen molar-refractivity contribution in [3.8, 4) is 10.9 Å². The maximum Gasteiger partial charge on any atom is 0.410 e. The highest BCUT2D eigenvalue weighted by Gasteiger charge is 2.26. The second kappa shape index (κ2) is 8.28. The van der Waals surface area contributed by atoms with E-state index in [-0.39, 0.29) is 11.0 Å². The van der Waals surface area contributed by atoms with Crippen LogP contribution in [0, 0.1) is 6.92 Å². The molecule has 1 N–H and O–H groups in total. The zero-order valence-electron chi connectivity index (χ0n) is 17.0. The number of carbonyl (C=O) groups excluding carboxylic acids is 1. The second-order valence-electron chi connectivity index (χ2n) is 7.75. The number of rotatable bonds is 4. The Labute approximate surface area is 173 Å². The minimum atomic E-state index is -1.00. The largest absolute Gasteiger partial charge is 0.477 e. The Hall–Kier alpha value is -2.81. The topological polar surface area (TPSA) is 92.2 Å². The Morgan fingerprint density at radius 1 is 1.10 bits per heavy atom. The molecule has 0 unspecified atom stereocenters. The van der Waals surface area contributed by atoms with Gasteiger partial charge in [-0.3, -0.25) is 0 Å². The molecule has 0 bridgehead atoms. The maximum atomic E-state index is 12.2. The fourth-order valence-corrected chi connectivity index (χ4v) is 3.69. The summed E-state index contributed by atoms with van der Waals surface area (Å²) in [5.41, 5.74) is 0.977. The van der Waals surface area contributed by atoms with Crippen molar-refractivity contribution in [3.63, 3.8) is 0 Å². The van der Waals surface area contributed by atoms with Gasteiger partial charge in [-0.2, -0.15) is 0 Å². The van der Waals surface area contributed by atoms with Crippen molar-refractivity contribution in [2.24, 2.45) is 0 Å². The van der Waals surface area contributed by atoms with Crippen LogP contribution in [0.25, 0.3) is 0 Å². The summed E-state index contributed by atoms with van der Waals surface area (Å²) in [5.74, 6) is -0.414. The van der Waals surface area contributed by atoms with Crippen LogP contribution < -0.4 is 9.64 Å². The first-order chi connectivity index (χ1) is 13.6. The van der Waals surface area contributed by atoms with E-state index in [4.69, 9.17) is 14.6 Å².